The molecule has 0 aliphatic carbocycles. The summed E-state index contributed by atoms with van der Waals surface area (Å²) in [6, 6.07) is 8.66. The first kappa shape index (κ1) is 20.2. The number of likely N-dealkylation sites (tertiary alicyclic amines) is 1. The van der Waals surface area contributed by atoms with Crippen molar-refractivity contribution >= 4 is 12.1 Å². The molecule has 1 fully saturated rings. The molecule has 1 aliphatic rings. The fraction of sp³-hybridized carbons (Fsp3) is 0.600. The van der Waals surface area contributed by atoms with Gasteiger partial charge in [-0.2, -0.15) is 0 Å². The third kappa shape index (κ3) is 5.73. The van der Waals surface area contributed by atoms with Crippen molar-refractivity contribution in [3.8, 4) is 0 Å². The number of carbonyl (C=O) groups excluding carboxylic acids is 2. The molecule has 0 saturated carbocycles. The highest BCUT2D eigenvalue weighted by Gasteiger charge is 2.43. The van der Waals surface area contributed by atoms with E-state index < -0.39 is 23.7 Å². The second-order valence-corrected chi connectivity index (χ2v) is 7.59. The van der Waals surface area contributed by atoms with E-state index in [2.05, 4.69) is 0 Å². The van der Waals surface area contributed by atoms with Crippen molar-refractivity contribution in [2.75, 3.05) is 6.61 Å². The number of hydrogen-bond donors (Lipinski definition) is 1. The zero-order valence-electron chi connectivity index (χ0n) is 15.8. The molecule has 1 heterocycles. The predicted octanol–water partition coefficient (Wildman–Crippen LogP) is 3.27. The van der Waals surface area contributed by atoms with Gasteiger partial charge in [0.1, 0.15) is 18.2 Å². The van der Waals surface area contributed by atoms with Crippen LogP contribution in [-0.2, 0) is 20.9 Å². The monoisotopic (exact) mass is 363 g/mol. The predicted molar refractivity (Wildman–Crippen MR) is 97.4 cm³/mol. The Labute approximate surface area is 155 Å². The minimum Gasteiger partial charge on any atom is -0.458 e. The summed E-state index contributed by atoms with van der Waals surface area (Å²) in [5.41, 5.74) is 0.278. The number of aliphatic hydroxyl groups is 1. The van der Waals surface area contributed by atoms with E-state index in [-0.39, 0.29) is 19.3 Å². The lowest BCUT2D eigenvalue weighted by atomic mass is 10.1. The quantitative estimate of drug-likeness (QED) is 0.785. The van der Waals surface area contributed by atoms with Crippen LogP contribution in [0, 0.1) is 0 Å². The molecule has 144 valence electrons. The minimum atomic E-state index is -0.638. The van der Waals surface area contributed by atoms with E-state index in [0.717, 1.165) is 5.56 Å². The maximum Gasteiger partial charge on any atom is 0.411 e. The summed E-state index contributed by atoms with van der Waals surface area (Å²) < 4.78 is 10.9. The first-order valence-electron chi connectivity index (χ1n) is 9.14. The van der Waals surface area contributed by atoms with Crippen LogP contribution in [0.2, 0.25) is 0 Å². The Bertz CT molecular complexity index is 596. The molecule has 1 amide bonds. The zero-order valence-corrected chi connectivity index (χ0v) is 15.8. The molecule has 0 unspecified atom stereocenters. The van der Waals surface area contributed by atoms with Gasteiger partial charge in [0.25, 0.3) is 0 Å². The lowest BCUT2D eigenvalue weighted by molar-refractivity contribution is -0.160. The van der Waals surface area contributed by atoms with E-state index >= 15 is 0 Å². The first-order valence-corrected chi connectivity index (χ1v) is 9.14. The number of rotatable bonds is 6. The Hall–Kier alpha value is -2.08. The number of carbonyl (C=O) groups is 2. The summed E-state index contributed by atoms with van der Waals surface area (Å²) >= 11 is 0. The second-order valence-electron chi connectivity index (χ2n) is 7.59. The molecule has 1 N–H and O–H groups in total. The number of nitrogens with zero attached hydrogens (tertiary/aromatic N) is 1. The Morgan fingerprint density at radius 1 is 1.19 bits per heavy atom. The van der Waals surface area contributed by atoms with Crippen molar-refractivity contribution in [2.45, 2.75) is 70.7 Å². The molecule has 0 aromatic heterocycles. The Kier molecular flexibility index (Phi) is 7.03. The van der Waals surface area contributed by atoms with Crippen LogP contribution in [0.4, 0.5) is 4.79 Å². The molecule has 1 saturated heterocycles. The first-order chi connectivity index (χ1) is 12.3. The summed E-state index contributed by atoms with van der Waals surface area (Å²) in [6.45, 7) is 5.63. The standard InChI is InChI=1S/C20H29NO5/c1-20(2,3)26-18(23)17-12-11-16(10-7-13-22)21(17)19(24)25-14-15-8-5-4-6-9-15/h4-6,8-9,16-17,22H,7,10-14H2,1-3H3/t16-,17+/m1/s1. The summed E-state index contributed by atoms with van der Waals surface area (Å²) in [6.07, 6.45) is 1.95. The van der Waals surface area contributed by atoms with Crippen molar-refractivity contribution in [1.82, 2.24) is 4.90 Å². The van der Waals surface area contributed by atoms with Gasteiger partial charge in [-0.25, -0.2) is 9.59 Å². The fourth-order valence-corrected chi connectivity index (χ4v) is 3.16. The number of benzene rings is 1. The number of amides is 1. The van der Waals surface area contributed by atoms with Gasteiger partial charge in [0.05, 0.1) is 0 Å². The average molecular weight is 363 g/mol. The van der Waals surface area contributed by atoms with Crippen LogP contribution in [0.5, 0.6) is 0 Å². The molecule has 1 aromatic carbocycles. The van der Waals surface area contributed by atoms with E-state index in [1.807, 2.05) is 30.3 Å². The average Bonchev–Trinajstić information content (AvgIpc) is 3.01. The van der Waals surface area contributed by atoms with Crippen molar-refractivity contribution in [1.29, 1.82) is 0 Å². The van der Waals surface area contributed by atoms with Gasteiger partial charge in [0.2, 0.25) is 0 Å². The van der Waals surface area contributed by atoms with Crippen LogP contribution in [0.25, 0.3) is 0 Å². The fourth-order valence-electron chi connectivity index (χ4n) is 3.16. The van der Waals surface area contributed by atoms with E-state index in [9.17, 15) is 9.59 Å². The maximum atomic E-state index is 12.7. The summed E-state index contributed by atoms with van der Waals surface area (Å²) in [7, 11) is 0. The largest absolute Gasteiger partial charge is 0.458 e. The van der Waals surface area contributed by atoms with Crippen molar-refractivity contribution in [3.05, 3.63) is 35.9 Å². The molecular weight excluding hydrogens is 334 g/mol. The number of ether oxygens (including phenoxy) is 2. The van der Waals surface area contributed by atoms with Crippen LogP contribution in [0.1, 0.15) is 52.0 Å². The Morgan fingerprint density at radius 3 is 2.50 bits per heavy atom. The number of esters is 1. The van der Waals surface area contributed by atoms with Crippen LogP contribution < -0.4 is 0 Å². The molecule has 1 aromatic rings. The smallest absolute Gasteiger partial charge is 0.411 e. The van der Waals surface area contributed by atoms with Gasteiger partial charge in [-0.1, -0.05) is 30.3 Å². The molecule has 6 nitrogen and oxygen atoms in total. The third-order valence-corrected chi connectivity index (χ3v) is 4.29. The molecule has 6 heteroatoms. The molecule has 26 heavy (non-hydrogen) atoms. The Morgan fingerprint density at radius 2 is 1.88 bits per heavy atom. The zero-order chi connectivity index (χ0) is 19.2. The molecule has 2 atom stereocenters. The van der Waals surface area contributed by atoms with Gasteiger partial charge < -0.3 is 14.6 Å². The molecule has 0 spiro atoms. The van der Waals surface area contributed by atoms with E-state index in [1.165, 1.54) is 4.90 Å². The van der Waals surface area contributed by atoms with Crippen LogP contribution in [0.15, 0.2) is 30.3 Å². The Balaban J connectivity index is 2.07. The SMILES string of the molecule is CC(C)(C)OC(=O)[C@@H]1CC[C@@H](CCCO)N1C(=O)OCc1ccccc1. The molecule has 0 bridgehead atoms. The highest BCUT2D eigenvalue weighted by Crippen LogP contribution is 2.30. The lowest BCUT2D eigenvalue weighted by Crippen LogP contribution is -2.47. The van der Waals surface area contributed by atoms with Gasteiger partial charge >= 0.3 is 12.1 Å². The van der Waals surface area contributed by atoms with Gasteiger partial charge in [-0.05, 0) is 52.0 Å². The normalized spacial score (nSPS) is 20.1. The van der Waals surface area contributed by atoms with Crippen molar-refractivity contribution in [2.24, 2.45) is 0 Å². The molecular formula is C20H29NO5. The topological polar surface area (TPSA) is 76.1 Å². The van der Waals surface area contributed by atoms with Gasteiger partial charge in [0, 0.05) is 12.6 Å². The maximum absolute atomic E-state index is 12.7. The summed E-state index contributed by atoms with van der Waals surface area (Å²) in [4.78, 5) is 26.8. The number of hydrogen-bond acceptors (Lipinski definition) is 5. The van der Waals surface area contributed by atoms with Crippen LogP contribution >= 0.6 is 0 Å². The highest BCUT2D eigenvalue weighted by atomic mass is 16.6. The van der Waals surface area contributed by atoms with Crippen molar-refractivity contribution < 1.29 is 24.2 Å². The van der Waals surface area contributed by atoms with Crippen LogP contribution in [-0.4, -0.2) is 46.4 Å². The minimum absolute atomic E-state index is 0.0561. The van der Waals surface area contributed by atoms with E-state index in [4.69, 9.17) is 14.6 Å². The molecule has 0 radical (unpaired) electrons. The lowest BCUT2D eigenvalue weighted by Gasteiger charge is -2.30. The van der Waals surface area contributed by atoms with Crippen molar-refractivity contribution in [3.63, 3.8) is 0 Å². The van der Waals surface area contributed by atoms with Crippen LogP contribution in [0.3, 0.4) is 0 Å². The third-order valence-electron chi connectivity index (χ3n) is 4.29. The summed E-state index contributed by atoms with van der Waals surface area (Å²) in [5.74, 6) is -0.402. The summed E-state index contributed by atoms with van der Waals surface area (Å²) in [5, 5.41) is 9.11. The second kappa shape index (κ2) is 9.03. The van der Waals surface area contributed by atoms with Gasteiger partial charge in [-0.15, -0.1) is 0 Å². The van der Waals surface area contributed by atoms with Gasteiger partial charge in [-0.3, -0.25) is 4.90 Å². The van der Waals surface area contributed by atoms with E-state index in [1.54, 1.807) is 20.8 Å². The van der Waals surface area contributed by atoms with Gasteiger partial charge in [0.15, 0.2) is 0 Å². The molecule has 1 aliphatic heterocycles. The van der Waals surface area contributed by atoms with E-state index in [0.29, 0.717) is 25.7 Å². The highest BCUT2D eigenvalue weighted by molar-refractivity contribution is 5.82. The number of aliphatic hydroxyl groups excluding tert-OH is 1. The molecule has 2 rings (SSSR count).